The van der Waals surface area contributed by atoms with Gasteiger partial charge in [-0.25, -0.2) is 4.79 Å². The van der Waals surface area contributed by atoms with Crippen molar-refractivity contribution in [3.8, 4) is 11.5 Å². The number of nitrogens with one attached hydrogen (secondary N) is 1. The lowest BCUT2D eigenvalue weighted by Crippen LogP contribution is -2.30. The van der Waals surface area contributed by atoms with Crippen molar-refractivity contribution in [3.05, 3.63) is 35.2 Å². The number of methoxy groups -OCH3 is 2. The predicted octanol–water partition coefficient (Wildman–Crippen LogP) is 2.49. The number of rotatable bonds is 6. The first-order chi connectivity index (χ1) is 11.9. The van der Waals surface area contributed by atoms with Crippen LogP contribution in [0, 0.1) is 13.8 Å². The summed E-state index contributed by atoms with van der Waals surface area (Å²) in [7, 11) is 3.00. The Balaban J connectivity index is 2.09. The first-order valence-electron chi connectivity index (χ1n) is 7.54. The van der Waals surface area contributed by atoms with E-state index >= 15 is 0 Å². The normalized spacial score (nSPS) is 11.6. The lowest BCUT2D eigenvalue weighted by Gasteiger charge is -2.15. The Kier molecular flexibility index (Phi) is 5.63. The van der Waals surface area contributed by atoms with Crippen LogP contribution < -0.4 is 14.8 Å². The van der Waals surface area contributed by atoms with Gasteiger partial charge in [0.1, 0.15) is 22.8 Å². The maximum absolute atomic E-state index is 12.3. The largest absolute Gasteiger partial charge is 0.497 e. The van der Waals surface area contributed by atoms with Crippen LogP contribution in [0.25, 0.3) is 0 Å². The van der Waals surface area contributed by atoms with Crippen molar-refractivity contribution in [1.82, 2.24) is 5.16 Å². The predicted molar refractivity (Wildman–Crippen MR) is 89.0 cm³/mol. The number of anilines is 1. The molecule has 1 aromatic carbocycles. The Morgan fingerprint density at radius 2 is 1.92 bits per heavy atom. The van der Waals surface area contributed by atoms with Crippen LogP contribution >= 0.6 is 0 Å². The van der Waals surface area contributed by atoms with E-state index < -0.39 is 18.0 Å². The Bertz CT molecular complexity index is 764. The first kappa shape index (κ1) is 18.3. The Hall–Kier alpha value is -3.03. The molecule has 0 bridgehead atoms. The zero-order valence-corrected chi connectivity index (χ0v) is 14.7. The lowest BCUT2D eigenvalue weighted by atomic mass is 10.2. The van der Waals surface area contributed by atoms with Crippen LogP contribution in [0.1, 0.15) is 28.7 Å². The minimum atomic E-state index is -1.03. The molecule has 0 radical (unpaired) electrons. The van der Waals surface area contributed by atoms with Crippen LogP contribution in [0.4, 0.5) is 5.69 Å². The van der Waals surface area contributed by atoms with E-state index in [0.29, 0.717) is 28.6 Å². The van der Waals surface area contributed by atoms with Crippen LogP contribution in [0.15, 0.2) is 22.7 Å². The fourth-order valence-electron chi connectivity index (χ4n) is 2.19. The molecule has 1 amide bonds. The number of benzene rings is 1. The molecule has 8 heteroatoms. The van der Waals surface area contributed by atoms with E-state index in [4.69, 9.17) is 18.7 Å². The summed E-state index contributed by atoms with van der Waals surface area (Å²) >= 11 is 0. The zero-order valence-electron chi connectivity index (χ0n) is 14.7. The number of carbonyl (C=O) groups excluding carboxylic acids is 2. The molecule has 0 saturated heterocycles. The van der Waals surface area contributed by atoms with E-state index in [-0.39, 0.29) is 5.56 Å². The van der Waals surface area contributed by atoms with Gasteiger partial charge in [0.2, 0.25) is 0 Å². The van der Waals surface area contributed by atoms with Crippen molar-refractivity contribution in [2.24, 2.45) is 0 Å². The molecule has 0 aliphatic carbocycles. The highest BCUT2D eigenvalue weighted by Crippen LogP contribution is 2.29. The van der Waals surface area contributed by atoms with Gasteiger partial charge < -0.3 is 24.1 Å². The number of aromatic nitrogens is 1. The molecular weight excluding hydrogens is 328 g/mol. The summed E-state index contributed by atoms with van der Waals surface area (Å²) in [6, 6.07) is 4.98. The molecule has 134 valence electrons. The average Bonchev–Trinajstić information content (AvgIpc) is 2.93. The number of amides is 1. The summed E-state index contributed by atoms with van der Waals surface area (Å²) < 4.78 is 20.5. The van der Waals surface area contributed by atoms with E-state index in [1.54, 1.807) is 32.0 Å². The average molecular weight is 348 g/mol. The second-order valence-electron chi connectivity index (χ2n) is 5.30. The van der Waals surface area contributed by atoms with Crippen molar-refractivity contribution in [2.75, 3.05) is 19.5 Å². The number of aryl methyl sites for hydroxylation is 2. The topological polar surface area (TPSA) is 99.9 Å². The van der Waals surface area contributed by atoms with Gasteiger partial charge in [-0.2, -0.15) is 0 Å². The number of ether oxygens (including phenoxy) is 3. The van der Waals surface area contributed by atoms with Gasteiger partial charge in [-0.3, -0.25) is 4.79 Å². The highest BCUT2D eigenvalue weighted by Gasteiger charge is 2.24. The fraction of sp³-hybridized carbons (Fsp3) is 0.353. The van der Waals surface area contributed by atoms with Gasteiger partial charge in [0, 0.05) is 6.07 Å². The van der Waals surface area contributed by atoms with Crippen molar-refractivity contribution >= 4 is 17.6 Å². The molecular formula is C17H20N2O6. The van der Waals surface area contributed by atoms with Gasteiger partial charge in [0.15, 0.2) is 6.10 Å². The molecule has 0 saturated carbocycles. The number of carbonyl (C=O) groups is 2. The molecule has 1 N–H and O–H groups in total. The van der Waals surface area contributed by atoms with E-state index in [9.17, 15) is 9.59 Å². The number of hydrogen-bond acceptors (Lipinski definition) is 7. The van der Waals surface area contributed by atoms with Gasteiger partial charge in [-0.1, -0.05) is 5.16 Å². The molecule has 0 spiro atoms. The monoisotopic (exact) mass is 348 g/mol. The third-order valence-electron chi connectivity index (χ3n) is 3.56. The number of hydrogen-bond donors (Lipinski definition) is 1. The molecule has 25 heavy (non-hydrogen) atoms. The minimum absolute atomic E-state index is 0.221. The third kappa shape index (κ3) is 4.09. The molecule has 1 aromatic heterocycles. The second-order valence-corrected chi connectivity index (χ2v) is 5.30. The smallest absolute Gasteiger partial charge is 0.344 e. The third-order valence-corrected chi connectivity index (χ3v) is 3.56. The number of nitrogens with zero attached hydrogens (tertiary/aromatic N) is 1. The standard InChI is InChI=1S/C17H20N2O6/c1-9-15(10(2)25-19-9)17(21)24-11(3)16(20)18-13-8-12(22-4)6-7-14(13)23-5/h6-8,11H,1-5H3,(H,18,20)/t11-/m1/s1. The van der Waals surface area contributed by atoms with E-state index in [1.807, 2.05) is 0 Å². The molecule has 0 fully saturated rings. The summed E-state index contributed by atoms with van der Waals surface area (Å²) in [6.07, 6.45) is -1.03. The summed E-state index contributed by atoms with van der Waals surface area (Å²) in [6.45, 7) is 4.69. The molecule has 0 aliphatic rings. The maximum Gasteiger partial charge on any atom is 0.344 e. The molecule has 2 aromatic rings. The van der Waals surface area contributed by atoms with Gasteiger partial charge >= 0.3 is 5.97 Å². The van der Waals surface area contributed by atoms with Gasteiger partial charge in [-0.05, 0) is 32.9 Å². The quantitative estimate of drug-likeness (QED) is 0.801. The second kappa shape index (κ2) is 7.69. The van der Waals surface area contributed by atoms with Crippen LogP contribution in [-0.2, 0) is 9.53 Å². The molecule has 8 nitrogen and oxygen atoms in total. The highest BCUT2D eigenvalue weighted by atomic mass is 16.5. The van der Waals surface area contributed by atoms with Crippen molar-refractivity contribution in [3.63, 3.8) is 0 Å². The summed E-state index contributed by atoms with van der Waals surface area (Å²) in [4.78, 5) is 24.5. The van der Waals surface area contributed by atoms with Crippen molar-refractivity contribution in [1.29, 1.82) is 0 Å². The summed E-state index contributed by atoms with van der Waals surface area (Å²) in [5, 5.41) is 6.35. The first-order valence-corrected chi connectivity index (χ1v) is 7.54. The highest BCUT2D eigenvalue weighted by molar-refractivity contribution is 5.98. The Morgan fingerprint density at radius 3 is 2.48 bits per heavy atom. The van der Waals surface area contributed by atoms with E-state index in [1.165, 1.54) is 21.1 Å². The lowest BCUT2D eigenvalue weighted by molar-refractivity contribution is -0.123. The minimum Gasteiger partial charge on any atom is -0.497 e. The van der Waals surface area contributed by atoms with E-state index in [0.717, 1.165) is 0 Å². The molecule has 0 aliphatic heterocycles. The SMILES string of the molecule is COc1ccc(OC)c(NC(=O)[C@@H](C)OC(=O)c2c(C)noc2C)c1. The van der Waals surface area contributed by atoms with Crippen LogP contribution in [0.5, 0.6) is 11.5 Å². The molecule has 2 rings (SSSR count). The summed E-state index contributed by atoms with van der Waals surface area (Å²) in [5.41, 5.74) is 1.04. The van der Waals surface area contributed by atoms with Gasteiger partial charge in [0.05, 0.1) is 25.6 Å². The molecule has 1 atom stereocenters. The Morgan fingerprint density at radius 1 is 1.20 bits per heavy atom. The van der Waals surface area contributed by atoms with Gasteiger partial charge in [0.25, 0.3) is 5.91 Å². The fourth-order valence-corrected chi connectivity index (χ4v) is 2.19. The van der Waals surface area contributed by atoms with Crippen molar-refractivity contribution in [2.45, 2.75) is 26.9 Å². The van der Waals surface area contributed by atoms with Crippen LogP contribution in [0.3, 0.4) is 0 Å². The molecule has 1 heterocycles. The summed E-state index contributed by atoms with van der Waals surface area (Å²) in [5.74, 6) is 0.169. The van der Waals surface area contributed by atoms with Crippen LogP contribution in [-0.4, -0.2) is 37.4 Å². The van der Waals surface area contributed by atoms with Crippen LogP contribution in [0.2, 0.25) is 0 Å². The maximum atomic E-state index is 12.3. The van der Waals surface area contributed by atoms with E-state index in [2.05, 4.69) is 10.5 Å². The zero-order chi connectivity index (χ0) is 18.6. The van der Waals surface area contributed by atoms with Crippen molar-refractivity contribution < 1.29 is 28.3 Å². The number of esters is 1. The Labute approximate surface area is 145 Å². The molecule has 0 unspecified atom stereocenters. The van der Waals surface area contributed by atoms with Gasteiger partial charge in [-0.15, -0.1) is 0 Å².